The van der Waals surface area contributed by atoms with Crippen LogP contribution in [-0.4, -0.2) is 22.6 Å². The summed E-state index contributed by atoms with van der Waals surface area (Å²) in [5.41, 5.74) is 8.84. The molecule has 0 amide bonds. The zero-order valence-corrected chi connectivity index (χ0v) is 17.7. The van der Waals surface area contributed by atoms with E-state index in [2.05, 4.69) is 75.7 Å². The van der Waals surface area contributed by atoms with Gasteiger partial charge in [0.05, 0.1) is 0 Å². The van der Waals surface area contributed by atoms with Crippen LogP contribution in [0, 0.1) is 14.4 Å². The summed E-state index contributed by atoms with van der Waals surface area (Å²) in [6.07, 6.45) is 5.29. The molecule has 4 rings (SSSR count). The molecule has 2 aliphatic rings. The average molecular weight is 463 g/mol. The van der Waals surface area contributed by atoms with Crippen molar-refractivity contribution in [1.29, 1.82) is 0 Å². The van der Waals surface area contributed by atoms with Gasteiger partial charge in [-0.15, -0.1) is 0 Å². The van der Waals surface area contributed by atoms with E-state index >= 15 is 0 Å². The van der Waals surface area contributed by atoms with Crippen molar-refractivity contribution in [3.05, 3.63) is 34.2 Å². The van der Waals surface area contributed by atoms with E-state index in [1.165, 1.54) is 22.8 Å². The molecule has 0 radical (unpaired) electrons. The van der Waals surface area contributed by atoms with Gasteiger partial charge in [0.25, 0.3) is 0 Å². The summed E-state index contributed by atoms with van der Waals surface area (Å²) in [5, 5.41) is 3.34. The van der Waals surface area contributed by atoms with Crippen LogP contribution in [0.15, 0.2) is 30.6 Å². The summed E-state index contributed by atoms with van der Waals surface area (Å²) >= 11 is 2.30. The number of fused-ring (bicyclic) bond motifs is 2. The fourth-order valence-electron chi connectivity index (χ4n) is 5.09. The van der Waals surface area contributed by atoms with Gasteiger partial charge in [0.2, 0.25) is 0 Å². The molecular weight excluding hydrogens is 437 g/mol. The monoisotopic (exact) mass is 463 g/mol. The molecule has 5 nitrogen and oxygen atoms in total. The molecule has 2 aromatic rings. The SMILES string of the molecule is CC1(C)CC2CC(C)(CN2c2ncnc(Nc3ccc(I)cc3)c2N)C1. The van der Waals surface area contributed by atoms with Gasteiger partial charge < -0.3 is 16.0 Å². The molecule has 26 heavy (non-hydrogen) atoms. The highest BCUT2D eigenvalue weighted by Crippen LogP contribution is 2.54. The maximum atomic E-state index is 6.50. The number of nitrogen functional groups attached to an aromatic ring is 1. The number of hydrogen-bond donors (Lipinski definition) is 2. The molecule has 0 spiro atoms. The molecule has 2 heterocycles. The van der Waals surface area contributed by atoms with Crippen molar-refractivity contribution >= 4 is 45.6 Å². The third kappa shape index (κ3) is 3.35. The Morgan fingerprint density at radius 3 is 2.62 bits per heavy atom. The number of nitrogens with zero attached hydrogens (tertiary/aromatic N) is 3. The first-order valence-corrected chi connectivity index (χ1v) is 10.2. The topological polar surface area (TPSA) is 67.1 Å². The lowest BCUT2D eigenvalue weighted by atomic mass is 9.65. The van der Waals surface area contributed by atoms with Crippen molar-refractivity contribution in [2.75, 3.05) is 22.5 Å². The standard InChI is InChI=1S/C20H26IN5/c1-19(2)8-15-9-20(3,10-19)11-26(15)18-16(22)17(23-12-24-18)25-14-6-4-13(21)5-7-14/h4-7,12,15H,8-11,22H2,1-3H3,(H,23,24,25). The van der Waals surface area contributed by atoms with Crippen molar-refractivity contribution in [2.24, 2.45) is 10.8 Å². The number of benzene rings is 1. The molecule has 1 aliphatic heterocycles. The Labute approximate surface area is 168 Å². The summed E-state index contributed by atoms with van der Waals surface area (Å²) in [6.45, 7) is 8.19. The van der Waals surface area contributed by atoms with Crippen LogP contribution < -0.4 is 16.0 Å². The van der Waals surface area contributed by atoms with E-state index < -0.39 is 0 Å². The number of nitrogens with one attached hydrogen (secondary N) is 1. The Kier molecular flexibility index (Phi) is 4.28. The number of anilines is 4. The van der Waals surface area contributed by atoms with Gasteiger partial charge in [0.1, 0.15) is 12.0 Å². The van der Waals surface area contributed by atoms with Crippen LogP contribution in [0.4, 0.5) is 23.0 Å². The van der Waals surface area contributed by atoms with Crippen LogP contribution in [0.2, 0.25) is 0 Å². The zero-order valence-electron chi connectivity index (χ0n) is 15.6. The first-order chi connectivity index (χ1) is 12.2. The van der Waals surface area contributed by atoms with Crippen molar-refractivity contribution in [1.82, 2.24) is 9.97 Å². The number of hydrogen-bond acceptors (Lipinski definition) is 5. The third-order valence-electron chi connectivity index (χ3n) is 5.66. The highest BCUT2D eigenvalue weighted by atomic mass is 127. The first kappa shape index (κ1) is 17.8. The second-order valence-electron chi connectivity index (χ2n) is 8.93. The minimum atomic E-state index is 0.341. The Bertz CT molecular complexity index is 819. The van der Waals surface area contributed by atoms with Crippen LogP contribution in [0.5, 0.6) is 0 Å². The number of rotatable bonds is 3. The van der Waals surface area contributed by atoms with Gasteiger partial charge in [-0.3, -0.25) is 0 Å². The molecule has 6 heteroatoms. The molecule has 2 unspecified atom stereocenters. The minimum Gasteiger partial charge on any atom is -0.393 e. The molecule has 1 aromatic heterocycles. The number of halogens is 1. The molecule has 1 aliphatic carbocycles. The lowest BCUT2D eigenvalue weighted by molar-refractivity contribution is 0.136. The normalized spacial score (nSPS) is 26.8. The fourth-order valence-corrected chi connectivity index (χ4v) is 5.45. The molecular formula is C20H26IN5. The lowest BCUT2D eigenvalue weighted by Crippen LogP contribution is -2.35. The van der Waals surface area contributed by atoms with E-state index in [0.29, 0.717) is 28.4 Å². The molecule has 1 saturated heterocycles. The quantitative estimate of drug-likeness (QED) is 0.640. The van der Waals surface area contributed by atoms with E-state index in [9.17, 15) is 0 Å². The lowest BCUT2D eigenvalue weighted by Gasteiger charge is -2.39. The second kappa shape index (κ2) is 6.25. The van der Waals surface area contributed by atoms with Crippen LogP contribution in [0.3, 0.4) is 0 Å². The maximum absolute atomic E-state index is 6.50. The van der Waals surface area contributed by atoms with E-state index in [1.54, 1.807) is 6.33 Å². The van der Waals surface area contributed by atoms with Gasteiger partial charge in [-0.25, -0.2) is 9.97 Å². The Balaban J connectivity index is 1.63. The average Bonchev–Trinajstić information content (AvgIpc) is 2.80. The van der Waals surface area contributed by atoms with Crippen molar-refractivity contribution in [2.45, 2.75) is 46.1 Å². The van der Waals surface area contributed by atoms with Gasteiger partial charge >= 0.3 is 0 Å². The molecule has 138 valence electrons. The van der Waals surface area contributed by atoms with Crippen molar-refractivity contribution in [3.63, 3.8) is 0 Å². The van der Waals surface area contributed by atoms with Crippen LogP contribution in [0.1, 0.15) is 40.0 Å². The van der Waals surface area contributed by atoms with Crippen molar-refractivity contribution in [3.8, 4) is 0 Å². The summed E-state index contributed by atoms with van der Waals surface area (Å²) in [7, 11) is 0. The Hall–Kier alpha value is -1.57. The second-order valence-corrected chi connectivity index (χ2v) is 10.2. The van der Waals surface area contributed by atoms with E-state index in [4.69, 9.17) is 5.73 Å². The van der Waals surface area contributed by atoms with Gasteiger partial charge in [0, 0.05) is 21.8 Å². The highest BCUT2D eigenvalue weighted by Gasteiger charge is 2.50. The van der Waals surface area contributed by atoms with E-state index in [1.807, 2.05) is 12.1 Å². The number of aromatic nitrogens is 2. The van der Waals surface area contributed by atoms with Gasteiger partial charge in [-0.1, -0.05) is 20.8 Å². The molecule has 2 atom stereocenters. The van der Waals surface area contributed by atoms with Gasteiger partial charge in [0.15, 0.2) is 11.6 Å². The summed E-state index contributed by atoms with van der Waals surface area (Å²) in [6, 6.07) is 8.71. The molecule has 2 bridgehead atoms. The van der Waals surface area contributed by atoms with E-state index in [-0.39, 0.29) is 0 Å². The number of nitrogens with two attached hydrogens (primary N) is 1. The minimum absolute atomic E-state index is 0.341. The smallest absolute Gasteiger partial charge is 0.159 e. The summed E-state index contributed by atoms with van der Waals surface area (Å²) < 4.78 is 1.20. The Morgan fingerprint density at radius 2 is 1.88 bits per heavy atom. The van der Waals surface area contributed by atoms with Gasteiger partial charge in [-0.2, -0.15) is 0 Å². The van der Waals surface area contributed by atoms with E-state index in [0.717, 1.165) is 18.1 Å². The van der Waals surface area contributed by atoms with Crippen LogP contribution in [0.25, 0.3) is 0 Å². The fraction of sp³-hybridized carbons (Fsp3) is 0.500. The first-order valence-electron chi connectivity index (χ1n) is 9.14. The predicted molar refractivity (Wildman–Crippen MR) is 116 cm³/mol. The highest BCUT2D eigenvalue weighted by molar-refractivity contribution is 14.1. The predicted octanol–water partition coefficient (Wildman–Crippen LogP) is 4.81. The van der Waals surface area contributed by atoms with Crippen LogP contribution >= 0.6 is 22.6 Å². The molecule has 1 saturated carbocycles. The van der Waals surface area contributed by atoms with Gasteiger partial charge in [-0.05, 0) is 76.9 Å². The third-order valence-corrected chi connectivity index (χ3v) is 6.38. The maximum Gasteiger partial charge on any atom is 0.159 e. The van der Waals surface area contributed by atoms with Crippen LogP contribution in [-0.2, 0) is 0 Å². The van der Waals surface area contributed by atoms with Crippen molar-refractivity contribution < 1.29 is 0 Å². The summed E-state index contributed by atoms with van der Waals surface area (Å²) in [5.74, 6) is 1.56. The zero-order chi connectivity index (χ0) is 18.5. The molecule has 1 aromatic carbocycles. The Morgan fingerprint density at radius 1 is 1.15 bits per heavy atom. The molecule has 2 fully saturated rings. The summed E-state index contributed by atoms with van der Waals surface area (Å²) in [4.78, 5) is 11.4. The molecule has 3 N–H and O–H groups in total. The largest absolute Gasteiger partial charge is 0.393 e.